The van der Waals surface area contributed by atoms with Gasteiger partial charge >= 0.3 is 0 Å². The first-order valence-corrected chi connectivity index (χ1v) is 5.66. The van der Waals surface area contributed by atoms with Crippen molar-refractivity contribution in [2.45, 2.75) is 25.9 Å². The Morgan fingerprint density at radius 3 is 2.71 bits per heavy atom. The van der Waals surface area contributed by atoms with Crippen molar-refractivity contribution in [3.63, 3.8) is 0 Å². The lowest BCUT2D eigenvalue weighted by Crippen LogP contribution is -2.20. The molecule has 1 aromatic heterocycles. The number of aromatic amines is 1. The van der Waals surface area contributed by atoms with Gasteiger partial charge in [0.05, 0.1) is 6.54 Å². The summed E-state index contributed by atoms with van der Waals surface area (Å²) in [6.45, 7) is 2.77. The van der Waals surface area contributed by atoms with E-state index in [0.29, 0.717) is 12.3 Å². The zero-order valence-corrected chi connectivity index (χ0v) is 9.72. The van der Waals surface area contributed by atoms with Crippen LogP contribution < -0.4 is 5.32 Å². The van der Waals surface area contributed by atoms with E-state index in [9.17, 15) is 5.11 Å². The number of phenolic OH excluding ortho intramolecular Hbond substituents is 1. The Bertz CT molecular complexity index is 438. The summed E-state index contributed by atoms with van der Waals surface area (Å²) >= 11 is 0. The van der Waals surface area contributed by atoms with E-state index in [4.69, 9.17) is 0 Å². The van der Waals surface area contributed by atoms with Crippen LogP contribution in [0.3, 0.4) is 0 Å². The van der Waals surface area contributed by atoms with Crippen LogP contribution in [0.4, 0.5) is 0 Å². The second-order valence-electron chi connectivity index (χ2n) is 3.87. The number of aromatic nitrogens is 3. The minimum absolute atomic E-state index is 0.251. The summed E-state index contributed by atoms with van der Waals surface area (Å²) in [6.07, 6.45) is 2.47. The first-order chi connectivity index (χ1) is 8.29. The van der Waals surface area contributed by atoms with Crippen LogP contribution in [0.25, 0.3) is 0 Å². The van der Waals surface area contributed by atoms with Crippen LogP contribution in [-0.2, 0) is 6.54 Å². The predicted molar refractivity (Wildman–Crippen MR) is 64.4 cm³/mol. The van der Waals surface area contributed by atoms with Crippen LogP contribution in [0.2, 0.25) is 0 Å². The van der Waals surface area contributed by atoms with Gasteiger partial charge in [-0.05, 0) is 24.1 Å². The maximum Gasteiger partial charge on any atom is 0.138 e. The molecule has 0 fully saturated rings. The van der Waals surface area contributed by atoms with E-state index in [0.717, 1.165) is 17.8 Å². The van der Waals surface area contributed by atoms with E-state index in [2.05, 4.69) is 27.4 Å². The van der Waals surface area contributed by atoms with Gasteiger partial charge in [-0.1, -0.05) is 19.1 Å². The third kappa shape index (κ3) is 3.04. The predicted octanol–water partition coefficient (Wildman–Crippen LogP) is 1.75. The summed E-state index contributed by atoms with van der Waals surface area (Å²) in [5.41, 5.74) is 1.16. The van der Waals surface area contributed by atoms with E-state index < -0.39 is 0 Å². The second-order valence-corrected chi connectivity index (χ2v) is 3.87. The molecule has 0 radical (unpaired) electrons. The summed E-state index contributed by atoms with van der Waals surface area (Å²) in [6, 6.07) is 7.51. The number of nitrogens with one attached hydrogen (secondary N) is 2. The zero-order chi connectivity index (χ0) is 12.1. The molecule has 1 atom stereocenters. The van der Waals surface area contributed by atoms with Crippen molar-refractivity contribution in [3.8, 4) is 5.75 Å². The molecule has 1 unspecified atom stereocenters. The summed E-state index contributed by atoms with van der Waals surface area (Å²) in [5, 5.41) is 19.3. The van der Waals surface area contributed by atoms with Crippen molar-refractivity contribution in [3.05, 3.63) is 42.0 Å². The standard InChI is InChI=1S/C12H16N4O/c1-2-11(9-3-5-10(17)6-4-9)13-7-12-14-8-15-16-12/h3-6,8,11,13,17H,2,7H2,1H3,(H,14,15,16). The van der Waals surface area contributed by atoms with Gasteiger partial charge in [-0.25, -0.2) is 4.98 Å². The minimum Gasteiger partial charge on any atom is -0.508 e. The molecule has 0 aliphatic carbocycles. The van der Waals surface area contributed by atoms with Gasteiger partial charge < -0.3 is 10.4 Å². The highest BCUT2D eigenvalue weighted by molar-refractivity contribution is 5.27. The molecule has 1 heterocycles. The Kier molecular flexibility index (Phi) is 3.72. The topological polar surface area (TPSA) is 73.8 Å². The fourth-order valence-corrected chi connectivity index (χ4v) is 1.74. The lowest BCUT2D eigenvalue weighted by Gasteiger charge is -2.16. The lowest BCUT2D eigenvalue weighted by molar-refractivity contribution is 0.472. The van der Waals surface area contributed by atoms with E-state index in [1.54, 1.807) is 12.1 Å². The molecule has 2 rings (SSSR count). The molecule has 5 nitrogen and oxygen atoms in total. The molecule has 0 aliphatic rings. The molecule has 1 aromatic carbocycles. The Morgan fingerprint density at radius 1 is 1.35 bits per heavy atom. The van der Waals surface area contributed by atoms with E-state index in [1.165, 1.54) is 6.33 Å². The van der Waals surface area contributed by atoms with E-state index in [1.807, 2.05) is 12.1 Å². The number of nitrogens with zero attached hydrogens (tertiary/aromatic N) is 2. The molecule has 90 valence electrons. The summed E-state index contributed by atoms with van der Waals surface area (Å²) < 4.78 is 0. The lowest BCUT2D eigenvalue weighted by atomic mass is 10.0. The van der Waals surface area contributed by atoms with Gasteiger partial charge in [0, 0.05) is 6.04 Å². The smallest absolute Gasteiger partial charge is 0.138 e. The summed E-state index contributed by atoms with van der Waals surface area (Å²) in [4.78, 5) is 4.06. The normalized spacial score (nSPS) is 12.5. The first kappa shape index (κ1) is 11.6. The van der Waals surface area contributed by atoms with Crippen LogP contribution in [0, 0.1) is 0 Å². The van der Waals surface area contributed by atoms with Gasteiger partial charge in [0.25, 0.3) is 0 Å². The van der Waals surface area contributed by atoms with Crippen molar-refractivity contribution in [1.29, 1.82) is 0 Å². The Labute approximate surface area is 99.9 Å². The molecule has 0 saturated carbocycles. The minimum atomic E-state index is 0.251. The van der Waals surface area contributed by atoms with Crippen LogP contribution in [0.1, 0.15) is 30.8 Å². The SMILES string of the molecule is CCC(NCc1ncn[nH]1)c1ccc(O)cc1. The quantitative estimate of drug-likeness (QED) is 0.734. The van der Waals surface area contributed by atoms with Crippen molar-refractivity contribution < 1.29 is 5.11 Å². The fraction of sp³-hybridized carbons (Fsp3) is 0.333. The molecule has 0 bridgehead atoms. The Morgan fingerprint density at radius 2 is 2.12 bits per heavy atom. The van der Waals surface area contributed by atoms with Crippen molar-refractivity contribution >= 4 is 0 Å². The summed E-state index contributed by atoms with van der Waals surface area (Å²) in [5.74, 6) is 1.11. The highest BCUT2D eigenvalue weighted by Crippen LogP contribution is 2.19. The number of hydrogen-bond acceptors (Lipinski definition) is 4. The average Bonchev–Trinajstić information content (AvgIpc) is 2.85. The molecule has 0 saturated heterocycles. The van der Waals surface area contributed by atoms with Crippen molar-refractivity contribution in [2.75, 3.05) is 0 Å². The highest BCUT2D eigenvalue weighted by Gasteiger charge is 2.09. The fourth-order valence-electron chi connectivity index (χ4n) is 1.74. The molecular formula is C12H16N4O. The Hall–Kier alpha value is -1.88. The Balaban J connectivity index is 1.99. The number of phenols is 1. The van der Waals surface area contributed by atoms with Gasteiger partial charge in [0.15, 0.2) is 0 Å². The van der Waals surface area contributed by atoms with Crippen LogP contribution >= 0.6 is 0 Å². The van der Waals surface area contributed by atoms with Crippen LogP contribution in [-0.4, -0.2) is 20.3 Å². The van der Waals surface area contributed by atoms with E-state index >= 15 is 0 Å². The second kappa shape index (κ2) is 5.45. The molecular weight excluding hydrogens is 216 g/mol. The maximum atomic E-state index is 9.25. The third-order valence-corrected chi connectivity index (χ3v) is 2.68. The molecule has 2 aromatic rings. The molecule has 3 N–H and O–H groups in total. The number of rotatable bonds is 5. The van der Waals surface area contributed by atoms with Crippen LogP contribution in [0.15, 0.2) is 30.6 Å². The monoisotopic (exact) mass is 232 g/mol. The number of benzene rings is 1. The number of hydrogen-bond donors (Lipinski definition) is 3. The van der Waals surface area contributed by atoms with Gasteiger partial charge in [-0.15, -0.1) is 0 Å². The van der Waals surface area contributed by atoms with E-state index in [-0.39, 0.29) is 6.04 Å². The largest absolute Gasteiger partial charge is 0.508 e. The first-order valence-electron chi connectivity index (χ1n) is 5.66. The zero-order valence-electron chi connectivity index (χ0n) is 9.72. The average molecular weight is 232 g/mol. The molecule has 0 amide bonds. The maximum absolute atomic E-state index is 9.25. The van der Waals surface area contributed by atoms with Gasteiger partial charge in [-0.2, -0.15) is 5.10 Å². The molecule has 17 heavy (non-hydrogen) atoms. The highest BCUT2D eigenvalue weighted by atomic mass is 16.3. The summed E-state index contributed by atoms with van der Waals surface area (Å²) in [7, 11) is 0. The molecule has 5 heteroatoms. The molecule has 0 spiro atoms. The van der Waals surface area contributed by atoms with Crippen molar-refractivity contribution in [1.82, 2.24) is 20.5 Å². The number of aromatic hydroxyl groups is 1. The number of H-pyrrole nitrogens is 1. The van der Waals surface area contributed by atoms with Crippen LogP contribution in [0.5, 0.6) is 5.75 Å². The molecule has 0 aliphatic heterocycles. The van der Waals surface area contributed by atoms with Crippen molar-refractivity contribution in [2.24, 2.45) is 0 Å². The van der Waals surface area contributed by atoms with Gasteiger partial charge in [0.2, 0.25) is 0 Å². The van der Waals surface area contributed by atoms with Gasteiger partial charge in [0.1, 0.15) is 17.9 Å². The third-order valence-electron chi connectivity index (χ3n) is 2.68. The van der Waals surface area contributed by atoms with Gasteiger partial charge in [-0.3, -0.25) is 5.10 Å².